The normalized spacial score (nSPS) is 11.5. The van der Waals surface area contributed by atoms with Gasteiger partial charge in [0, 0.05) is 17.8 Å². The summed E-state index contributed by atoms with van der Waals surface area (Å²) in [5.41, 5.74) is 8.21. The van der Waals surface area contributed by atoms with Crippen molar-refractivity contribution in [2.75, 3.05) is 11.5 Å². The van der Waals surface area contributed by atoms with E-state index in [0.29, 0.717) is 11.4 Å². The number of hydrogen-bond donors (Lipinski definition) is 2. The van der Waals surface area contributed by atoms with Crippen LogP contribution in [0.1, 0.15) is 27.7 Å². The molecule has 0 atom stereocenters. The van der Waals surface area contributed by atoms with E-state index in [9.17, 15) is 4.79 Å². The lowest BCUT2D eigenvalue weighted by Gasteiger charge is -2.30. The van der Waals surface area contributed by atoms with Gasteiger partial charge >= 0.3 is 0 Å². The molecule has 0 aliphatic heterocycles. The predicted molar refractivity (Wildman–Crippen MR) is 88.3 cm³/mol. The number of aromatic amines is 1. The van der Waals surface area contributed by atoms with Crippen LogP contribution >= 0.6 is 11.8 Å². The largest absolute Gasteiger partial charge is 0.399 e. The number of thioether (sulfide) groups is 1. The number of nitrogen functional groups attached to an aromatic ring is 1. The maximum atomic E-state index is 12.3. The summed E-state index contributed by atoms with van der Waals surface area (Å²) in [6, 6.07) is 5.95. The van der Waals surface area contributed by atoms with Crippen LogP contribution in [-0.2, 0) is 4.79 Å². The number of fused-ring (bicyclic) bond motifs is 1. The van der Waals surface area contributed by atoms with Gasteiger partial charge in [0.1, 0.15) is 0 Å². The van der Waals surface area contributed by atoms with E-state index in [1.165, 1.54) is 11.8 Å². The lowest BCUT2D eigenvalue weighted by atomic mass is 10.2. The van der Waals surface area contributed by atoms with Gasteiger partial charge in [-0.1, -0.05) is 11.8 Å². The summed E-state index contributed by atoms with van der Waals surface area (Å²) in [6.45, 7) is 8.14. The quantitative estimate of drug-likeness (QED) is 0.658. The number of benzene rings is 1. The van der Waals surface area contributed by atoms with Crippen LogP contribution in [0.2, 0.25) is 0 Å². The number of hydrogen-bond acceptors (Lipinski definition) is 4. The van der Waals surface area contributed by atoms with Crippen LogP contribution in [0.25, 0.3) is 11.0 Å². The van der Waals surface area contributed by atoms with Gasteiger partial charge in [-0.15, -0.1) is 0 Å². The predicted octanol–water partition coefficient (Wildman–Crippen LogP) is 2.88. The molecule has 3 N–H and O–H groups in total. The van der Waals surface area contributed by atoms with Gasteiger partial charge in [0.25, 0.3) is 0 Å². The second-order valence-electron chi connectivity index (χ2n) is 5.60. The molecule has 114 valence electrons. The highest BCUT2D eigenvalue weighted by Crippen LogP contribution is 2.22. The Labute approximate surface area is 129 Å². The van der Waals surface area contributed by atoms with E-state index in [4.69, 9.17) is 5.73 Å². The number of nitrogens with one attached hydrogen (secondary N) is 1. The van der Waals surface area contributed by atoms with Crippen molar-refractivity contribution in [3.63, 3.8) is 0 Å². The third-order valence-electron chi connectivity index (χ3n) is 3.22. The molecule has 0 aliphatic carbocycles. The molecule has 1 aromatic carbocycles. The Hall–Kier alpha value is -1.69. The van der Waals surface area contributed by atoms with Crippen LogP contribution in [0.4, 0.5) is 5.69 Å². The first-order valence-electron chi connectivity index (χ1n) is 7.07. The number of anilines is 1. The van der Waals surface area contributed by atoms with E-state index in [1.54, 1.807) is 0 Å². The Morgan fingerprint density at radius 2 is 2.00 bits per heavy atom. The van der Waals surface area contributed by atoms with Crippen molar-refractivity contribution < 1.29 is 4.79 Å². The van der Waals surface area contributed by atoms with Crippen molar-refractivity contribution in [3.8, 4) is 0 Å². The third-order valence-corrected chi connectivity index (χ3v) is 4.08. The lowest BCUT2D eigenvalue weighted by Crippen LogP contribution is -2.43. The van der Waals surface area contributed by atoms with E-state index in [0.717, 1.165) is 16.2 Å². The topological polar surface area (TPSA) is 75.0 Å². The van der Waals surface area contributed by atoms with Crippen LogP contribution in [-0.4, -0.2) is 38.6 Å². The van der Waals surface area contributed by atoms with Gasteiger partial charge in [-0.05, 0) is 45.9 Å². The van der Waals surface area contributed by atoms with Crippen molar-refractivity contribution in [3.05, 3.63) is 18.2 Å². The fraction of sp³-hybridized carbons (Fsp3) is 0.467. The molecule has 0 bridgehead atoms. The monoisotopic (exact) mass is 306 g/mol. The van der Waals surface area contributed by atoms with E-state index in [-0.39, 0.29) is 18.0 Å². The van der Waals surface area contributed by atoms with Gasteiger partial charge in [0.05, 0.1) is 16.8 Å². The summed E-state index contributed by atoms with van der Waals surface area (Å²) in [6.07, 6.45) is 0. The summed E-state index contributed by atoms with van der Waals surface area (Å²) in [5.74, 6) is 0.510. The van der Waals surface area contributed by atoms with Crippen molar-refractivity contribution >= 4 is 34.4 Å². The molecule has 0 aliphatic rings. The Kier molecular flexibility index (Phi) is 4.77. The second kappa shape index (κ2) is 6.39. The molecule has 5 nitrogen and oxygen atoms in total. The minimum absolute atomic E-state index is 0.130. The van der Waals surface area contributed by atoms with Crippen LogP contribution in [0.15, 0.2) is 23.4 Å². The molecule has 0 spiro atoms. The fourth-order valence-corrected chi connectivity index (χ4v) is 3.20. The first kappa shape index (κ1) is 15.7. The smallest absolute Gasteiger partial charge is 0.233 e. The highest BCUT2D eigenvalue weighted by Gasteiger charge is 2.20. The summed E-state index contributed by atoms with van der Waals surface area (Å²) >= 11 is 1.42. The Morgan fingerprint density at radius 1 is 1.33 bits per heavy atom. The molecule has 1 amide bonds. The molecule has 1 heterocycles. The second-order valence-corrected chi connectivity index (χ2v) is 6.56. The lowest BCUT2D eigenvalue weighted by molar-refractivity contribution is -0.131. The number of aromatic nitrogens is 2. The number of imidazole rings is 1. The van der Waals surface area contributed by atoms with Crippen LogP contribution in [0.5, 0.6) is 0 Å². The molecule has 0 unspecified atom stereocenters. The molecule has 0 fully saturated rings. The van der Waals surface area contributed by atoms with Gasteiger partial charge in [-0.3, -0.25) is 4.79 Å². The van der Waals surface area contributed by atoms with Crippen LogP contribution < -0.4 is 5.73 Å². The van der Waals surface area contributed by atoms with Gasteiger partial charge in [0.15, 0.2) is 5.16 Å². The summed E-state index contributed by atoms with van der Waals surface area (Å²) in [5, 5.41) is 0.747. The number of amides is 1. The van der Waals surface area contributed by atoms with Gasteiger partial charge in [0.2, 0.25) is 5.91 Å². The van der Waals surface area contributed by atoms with Gasteiger partial charge < -0.3 is 15.6 Å². The van der Waals surface area contributed by atoms with E-state index >= 15 is 0 Å². The van der Waals surface area contributed by atoms with Crippen molar-refractivity contribution in [2.24, 2.45) is 0 Å². The molecule has 21 heavy (non-hydrogen) atoms. The zero-order valence-electron chi connectivity index (χ0n) is 12.9. The van der Waals surface area contributed by atoms with Crippen molar-refractivity contribution in [1.29, 1.82) is 0 Å². The molecule has 1 aromatic heterocycles. The summed E-state index contributed by atoms with van der Waals surface area (Å²) in [7, 11) is 0. The average molecular weight is 306 g/mol. The average Bonchev–Trinajstić information content (AvgIpc) is 2.77. The van der Waals surface area contributed by atoms with Gasteiger partial charge in [-0.25, -0.2) is 4.98 Å². The summed E-state index contributed by atoms with van der Waals surface area (Å²) in [4.78, 5) is 21.9. The molecule has 2 aromatic rings. The van der Waals surface area contributed by atoms with Crippen LogP contribution in [0, 0.1) is 0 Å². The third kappa shape index (κ3) is 3.69. The van der Waals surface area contributed by atoms with Gasteiger partial charge in [-0.2, -0.15) is 0 Å². The zero-order valence-corrected chi connectivity index (χ0v) is 13.7. The highest BCUT2D eigenvalue weighted by molar-refractivity contribution is 7.99. The standard InChI is InChI=1S/C15H22N4OS/c1-9(2)19(10(3)4)14(20)8-21-15-17-12-6-5-11(16)7-13(12)18-15/h5-7,9-10H,8,16H2,1-4H3,(H,17,18). The SMILES string of the molecule is CC(C)N(C(=O)CSc1nc2ccc(N)cc2[nH]1)C(C)C. The number of carbonyl (C=O) groups excluding carboxylic acids is 1. The minimum Gasteiger partial charge on any atom is -0.399 e. The first-order valence-corrected chi connectivity index (χ1v) is 8.06. The van der Waals surface area contributed by atoms with Crippen molar-refractivity contribution in [2.45, 2.75) is 44.9 Å². The number of nitrogens with two attached hydrogens (primary N) is 1. The molecule has 0 saturated carbocycles. The maximum Gasteiger partial charge on any atom is 0.233 e. The van der Waals surface area contributed by atoms with Crippen LogP contribution in [0.3, 0.4) is 0 Å². The minimum atomic E-state index is 0.130. The molecule has 0 saturated heterocycles. The molecular formula is C15H22N4OS. The summed E-state index contributed by atoms with van der Waals surface area (Å²) < 4.78 is 0. The molecular weight excluding hydrogens is 284 g/mol. The first-order chi connectivity index (χ1) is 9.88. The maximum absolute atomic E-state index is 12.3. The number of H-pyrrole nitrogens is 1. The fourth-order valence-electron chi connectivity index (χ4n) is 2.45. The molecule has 2 rings (SSSR count). The number of nitrogens with zero attached hydrogens (tertiary/aromatic N) is 2. The number of rotatable bonds is 5. The Balaban J connectivity index is 2.05. The van der Waals surface area contributed by atoms with E-state index in [1.807, 2.05) is 50.8 Å². The van der Waals surface area contributed by atoms with Crippen molar-refractivity contribution in [1.82, 2.24) is 14.9 Å². The van der Waals surface area contributed by atoms with E-state index in [2.05, 4.69) is 9.97 Å². The molecule has 0 radical (unpaired) electrons. The van der Waals surface area contributed by atoms with E-state index < -0.39 is 0 Å². The number of carbonyl (C=O) groups is 1. The molecule has 6 heteroatoms. The Bertz CT molecular complexity index is 628. The highest BCUT2D eigenvalue weighted by atomic mass is 32.2. The Morgan fingerprint density at radius 3 is 2.62 bits per heavy atom. The zero-order chi connectivity index (χ0) is 15.6.